The summed E-state index contributed by atoms with van der Waals surface area (Å²) in [7, 11) is -1.84. The highest BCUT2D eigenvalue weighted by Crippen LogP contribution is 2.21. The monoisotopic (exact) mass is 341 g/mol. The molecule has 0 radical (unpaired) electrons. The van der Waals surface area contributed by atoms with Crippen LogP contribution >= 0.6 is 0 Å². The Morgan fingerprint density at radius 1 is 1.26 bits per heavy atom. The van der Waals surface area contributed by atoms with Gasteiger partial charge in [0, 0.05) is 20.2 Å². The van der Waals surface area contributed by atoms with Crippen molar-refractivity contribution in [1.82, 2.24) is 4.31 Å². The molecule has 0 aromatic heterocycles. The van der Waals surface area contributed by atoms with E-state index in [1.54, 1.807) is 31.3 Å². The Hall–Kier alpha value is -1.11. The van der Waals surface area contributed by atoms with E-state index >= 15 is 0 Å². The van der Waals surface area contributed by atoms with E-state index < -0.39 is 10.0 Å². The van der Waals surface area contributed by atoms with Crippen molar-refractivity contribution in [3.05, 3.63) is 24.3 Å². The number of rotatable bonds is 7. The predicted octanol–water partition coefficient (Wildman–Crippen LogP) is 3.05. The first-order valence-corrected chi connectivity index (χ1v) is 9.68. The fourth-order valence-electron chi connectivity index (χ4n) is 2.62. The van der Waals surface area contributed by atoms with Crippen LogP contribution in [0.2, 0.25) is 0 Å². The zero-order valence-electron chi connectivity index (χ0n) is 14.2. The second-order valence-corrected chi connectivity index (χ2v) is 8.29. The van der Waals surface area contributed by atoms with E-state index in [2.05, 4.69) is 0 Å². The third-order valence-electron chi connectivity index (χ3n) is 3.94. The summed E-state index contributed by atoms with van der Waals surface area (Å²) >= 11 is 0. The fourth-order valence-corrected chi connectivity index (χ4v) is 3.81. The zero-order chi connectivity index (χ0) is 16.9. The van der Waals surface area contributed by atoms with Gasteiger partial charge in [-0.3, -0.25) is 0 Å². The molecule has 130 valence electrons. The Bertz CT molecular complexity index is 577. The normalized spacial score (nSPS) is 19.3. The van der Waals surface area contributed by atoms with Gasteiger partial charge in [0.15, 0.2) is 0 Å². The van der Waals surface area contributed by atoms with Crippen LogP contribution in [0.3, 0.4) is 0 Å². The molecule has 1 atom stereocenters. The second kappa shape index (κ2) is 8.13. The zero-order valence-corrected chi connectivity index (χ0v) is 15.0. The van der Waals surface area contributed by atoms with Gasteiger partial charge >= 0.3 is 0 Å². The second-order valence-electron chi connectivity index (χ2n) is 6.24. The van der Waals surface area contributed by atoms with Crippen LogP contribution < -0.4 is 4.74 Å². The Morgan fingerprint density at radius 2 is 1.96 bits per heavy atom. The van der Waals surface area contributed by atoms with Gasteiger partial charge in [-0.05, 0) is 63.8 Å². The van der Waals surface area contributed by atoms with Crippen LogP contribution in [0.5, 0.6) is 5.75 Å². The molecule has 0 saturated carbocycles. The standard InChI is InChI=1S/C17H27NO4S/c1-14(2)22-16-7-9-17(10-8-16)23(19,20)18(3)12-11-15-6-4-5-13-21-15/h7-10,14-15H,4-6,11-13H2,1-3H3. The van der Waals surface area contributed by atoms with Crippen LogP contribution in [0.25, 0.3) is 0 Å². The van der Waals surface area contributed by atoms with Crippen molar-refractivity contribution in [1.29, 1.82) is 0 Å². The van der Waals surface area contributed by atoms with Crippen molar-refractivity contribution in [2.24, 2.45) is 0 Å². The number of sulfonamides is 1. The number of hydrogen-bond acceptors (Lipinski definition) is 4. The Morgan fingerprint density at radius 3 is 2.52 bits per heavy atom. The fraction of sp³-hybridized carbons (Fsp3) is 0.647. The molecule has 1 aliphatic rings. The van der Waals surface area contributed by atoms with E-state index in [1.165, 1.54) is 10.7 Å². The van der Waals surface area contributed by atoms with Gasteiger partial charge in [-0.2, -0.15) is 0 Å². The lowest BCUT2D eigenvalue weighted by Gasteiger charge is -2.25. The summed E-state index contributed by atoms with van der Waals surface area (Å²) in [5, 5.41) is 0. The molecule has 1 saturated heterocycles. The molecule has 5 nitrogen and oxygen atoms in total. The van der Waals surface area contributed by atoms with E-state index in [-0.39, 0.29) is 12.2 Å². The van der Waals surface area contributed by atoms with Crippen LogP contribution in [0.15, 0.2) is 29.2 Å². The lowest BCUT2D eigenvalue weighted by Crippen LogP contribution is -2.31. The molecule has 0 bridgehead atoms. The highest BCUT2D eigenvalue weighted by Gasteiger charge is 2.22. The van der Waals surface area contributed by atoms with Crippen molar-refractivity contribution in [2.45, 2.75) is 56.6 Å². The summed E-state index contributed by atoms with van der Waals surface area (Å²) in [6.45, 7) is 5.13. The molecule has 1 aliphatic heterocycles. The van der Waals surface area contributed by atoms with Gasteiger partial charge in [-0.25, -0.2) is 12.7 Å². The summed E-state index contributed by atoms with van der Waals surface area (Å²) in [6.07, 6.45) is 4.28. The van der Waals surface area contributed by atoms with Crippen molar-refractivity contribution in [3.8, 4) is 5.75 Å². The number of hydrogen-bond donors (Lipinski definition) is 0. The molecule has 0 N–H and O–H groups in total. The van der Waals surface area contributed by atoms with Gasteiger partial charge in [0.25, 0.3) is 0 Å². The van der Waals surface area contributed by atoms with Gasteiger partial charge < -0.3 is 9.47 Å². The molecule has 1 heterocycles. The Kier molecular flexibility index (Phi) is 6.44. The van der Waals surface area contributed by atoms with Crippen molar-refractivity contribution < 1.29 is 17.9 Å². The number of nitrogens with zero attached hydrogens (tertiary/aromatic N) is 1. The van der Waals surface area contributed by atoms with E-state index in [9.17, 15) is 8.42 Å². The third-order valence-corrected chi connectivity index (χ3v) is 5.81. The van der Waals surface area contributed by atoms with Crippen LogP contribution in [0.1, 0.15) is 39.5 Å². The molecule has 1 aromatic rings. The molecule has 6 heteroatoms. The lowest BCUT2D eigenvalue weighted by atomic mass is 10.1. The van der Waals surface area contributed by atoms with Crippen molar-refractivity contribution in [3.63, 3.8) is 0 Å². The van der Waals surface area contributed by atoms with Gasteiger partial charge in [0.1, 0.15) is 5.75 Å². The van der Waals surface area contributed by atoms with Crippen molar-refractivity contribution in [2.75, 3.05) is 20.2 Å². The number of benzene rings is 1. The minimum absolute atomic E-state index is 0.0654. The highest BCUT2D eigenvalue weighted by atomic mass is 32.2. The van der Waals surface area contributed by atoms with Crippen LogP contribution in [-0.2, 0) is 14.8 Å². The summed E-state index contributed by atoms with van der Waals surface area (Å²) in [4.78, 5) is 0.292. The molecule has 2 rings (SSSR count). The average Bonchev–Trinajstić information content (AvgIpc) is 2.53. The average molecular weight is 341 g/mol. The maximum atomic E-state index is 12.6. The summed E-state index contributed by atoms with van der Waals surface area (Å²) in [6, 6.07) is 6.59. The van der Waals surface area contributed by atoms with Crippen LogP contribution in [0.4, 0.5) is 0 Å². The van der Waals surface area contributed by atoms with Crippen molar-refractivity contribution >= 4 is 10.0 Å². The molecular formula is C17H27NO4S. The molecule has 1 fully saturated rings. The molecule has 23 heavy (non-hydrogen) atoms. The summed E-state index contributed by atoms with van der Waals surface area (Å²) < 4.78 is 37.8. The largest absolute Gasteiger partial charge is 0.491 e. The summed E-state index contributed by atoms with van der Waals surface area (Å²) in [5.41, 5.74) is 0. The molecule has 0 amide bonds. The molecular weight excluding hydrogens is 314 g/mol. The quantitative estimate of drug-likeness (QED) is 0.765. The minimum Gasteiger partial charge on any atom is -0.491 e. The van der Waals surface area contributed by atoms with E-state index in [0.717, 1.165) is 25.9 Å². The van der Waals surface area contributed by atoms with Gasteiger partial charge in [0.05, 0.1) is 17.1 Å². The molecule has 1 unspecified atom stereocenters. The smallest absolute Gasteiger partial charge is 0.242 e. The maximum Gasteiger partial charge on any atom is 0.242 e. The molecule has 1 aromatic carbocycles. The highest BCUT2D eigenvalue weighted by molar-refractivity contribution is 7.89. The first kappa shape index (κ1) is 18.2. The summed E-state index contributed by atoms with van der Waals surface area (Å²) in [5.74, 6) is 0.678. The first-order valence-electron chi connectivity index (χ1n) is 8.24. The SMILES string of the molecule is CC(C)Oc1ccc(S(=O)(=O)N(C)CCC2CCCCO2)cc1. The van der Waals surface area contributed by atoms with E-state index in [0.29, 0.717) is 17.2 Å². The van der Waals surface area contributed by atoms with E-state index in [1.807, 2.05) is 13.8 Å². The topological polar surface area (TPSA) is 55.8 Å². The van der Waals surface area contributed by atoms with Gasteiger partial charge in [-0.15, -0.1) is 0 Å². The lowest BCUT2D eigenvalue weighted by molar-refractivity contribution is 0.00950. The van der Waals surface area contributed by atoms with E-state index in [4.69, 9.17) is 9.47 Å². The third kappa shape index (κ3) is 5.19. The maximum absolute atomic E-state index is 12.6. The molecule has 0 spiro atoms. The Balaban J connectivity index is 1.96. The minimum atomic E-state index is -3.46. The molecule has 0 aliphatic carbocycles. The van der Waals surface area contributed by atoms with Crippen LogP contribution in [0, 0.1) is 0 Å². The van der Waals surface area contributed by atoms with Gasteiger partial charge in [-0.1, -0.05) is 0 Å². The number of ether oxygens (including phenoxy) is 2. The van der Waals surface area contributed by atoms with Gasteiger partial charge in [0.2, 0.25) is 10.0 Å². The predicted molar refractivity (Wildman–Crippen MR) is 90.2 cm³/mol. The first-order chi connectivity index (χ1) is 10.9. The Labute approximate surface area is 139 Å². The van der Waals surface area contributed by atoms with Crippen LogP contribution in [-0.4, -0.2) is 45.1 Å².